The van der Waals surface area contributed by atoms with Crippen molar-refractivity contribution in [3.63, 3.8) is 0 Å². The number of carbonyl (C=O) groups is 2. The normalized spacial score (nSPS) is 11.0. The van der Waals surface area contributed by atoms with Crippen molar-refractivity contribution in [2.45, 2.75) is 4.90 Å². The Morgan fingerprint density at radius 3 is 2.21 bits per heavy atom. The van der Waals surface area contributed by atoms with Crippen LogP contribution in [0.4, 0.5) is 15.8 Å². The molecule has 4 aromatic rings. The molecule has 0 aliphatic carbocycles. The van der Waals surface area contributed by atoms with E-state index in [0.29, 0.717) is 11.1 Å². The molecule has 38 heavy (non-hydrogen) atoms. The lowest BCUT2D eigenvalue weighted by Gasteiger charge is -2.12. The number of ether oxygens (including phenoxy) is 1. The molecule has 11 heteroatoms. The van der Waals surface area contributed by atoms with Crippen LogP contribution in [-0.4, -0.2) is 32.5 Å². The summed E-state index contributed by atoms with van der Waals surface area (Å²) in [5, 5.41) is 13.0. The van der Waals surface area contributed by atoms with E-state index < -0.39 is 27.7 Å². The summed E-state index contributed by atoms with van der Waals surface area (Å²) in [5.74, 6) is -2.02. The minimum atomic E-state index is -4.12. The standard InChI is InChI=1S/C27H20ClFN2O6S/c1-37-27(34)22-14-18(6-12-23(22)28)16-2-4-17(5-3-16)26(33)30-20-9-13-25(32)24(15-20)31-38(35,36)21-10-7-19(29)8-11-21/h2-15,31-32H,1H3,(H,30,33). The predicted molar refractivity (Wildman–Crippen MR) is 141 cm³/mol. The number of amides is 1. The summed E-state index contributed by atoms with van der Waals surface area (Å²) in [4.78, 5) is 24.5. The minimum Gasteiger partial charge on any atom is -0.506 e. The van der Waals surface area contributed by atoms with Gasteiger partial charge in [0.05, 0.1) is 28.3 Å². The van der Waals surface area contributed by atoms with Gasteiger partial charge in [0.1, 0.15) is 11.6 Å². The molecule has 4 aromatic carbocycles. The van der Waals surface area contributed by atoms with Gasteiger partial charge in [0, 0.05) is 11.3 Å². The SMILES string of the molecule is COC(=O)c1cc(-c2ccc(C(=O)Nc3ccc(O)c(NS(=O)(=O)c4ccc(F)cc4)c3)cc2)ccc1Cl. The number of phenolic OH excluding ortho intramolecular Hbond substituents is 1. The third-order valence-electron chi connectivity index (χ3n) is 5.47. The second kappa shape index (κ2) is 10.9. The summed E-state index contributed by atoms with van der Waals surface area (Å²) in [6, 6.07) is 19.5. The van der Waals surface area contributed by atoms with Crippen LogP contribution < -0.4 is 10.0 Å². The fourth-order valence-electron chi connectivity index (χ4n) is 3.50. The van der Waals surface area contributed by atoms with Gasteiger partial charge in [-0.05, 0) is 77.9 Å². The highest BCUT2D eigenvalue weighted by Gasteiger charge is 2.18. The zero-order valence-electron chi connectivity index (χ0n) is 19.7. The van der Waals surface area contributed by atoms with Gasteiger partial charge in [-0.25, -0.2) is 17.6 Å². The first-order chi connectivity index (χ1) is 18.1. The molecule has 1 amide bonds. The number of hydrogen-bond donors (Lipinski definition) is 3. The van der Waals surface area contributed by atoms with Crippen LogP contribution in [0.1, 0.15) is 20.7 Å². The number of esters is 1. The molecular weight excluding hydrogens is 535 g/mol. The molecule has 0 aromatic heterocycles. The number of nitrogens with one attached hydrogen (secondary N) is 2. The molecule has 0 bridgehead atoms. The molecule has 0 fully saturated rings. The van der Waals surface area contributed by atoms with Crippen LogP contribution in [0.2, 0.25) is 5.02 Å². The van der Waals surface area contributed by atoms with Gasteiger partial charge < -0.3 is 15.2 Å². The van der Waals surface area contributed by atoms with Crippen molar-refractivity contribution in [2.24, 2.45) is 0 Å². The van der Waals surface area contributed by atoms with E-state index in [4.69, 9.17) is 16.3 Å². The minimum absolute atomic E-state index is 0.174. The maximum Gasteiger partial charge on any atom is 0.339 e. The number of hydrogen-bond acceptors (Lipinski definition) is 6. The van der Waals surface area contributed by atoms with Gasteiger partial charge in [0.25, 0.3) is 15.9 Å². The number of sulfonamides is 1. The molecule has 0 unspecified atom stereocenters. The van der Waals surface area contributed by atoms with E-state index in [2.05, 4.69) is 10.0 Å². The maximum absolute atomic E-state index is 13.1. The molecule has 4 rings (SSSR count). The van der Waals surface area contributed by atoms with Gasteiger partial charge in [0.15, 0.2) is 0 Å². The summed E-state index contributed by atoms with van der Waals surface area (Å²) in [6.45, 7) is 0. The summed E-state index contributed by atoms with van der Waals surface area (Å²) in [7, 11) is -2.86. The highest BCUT2D eigenvalue weighted by molar-refractivity contribution is 7.92. The number of halogens is 2. The quantitative estimate of drug-likeness (QED) is 0.153. The number of phenols is 1. The second-order valence-corrected chi connectivity index (χ2v) is 10.1. The molecule has 0 aliphatic rings. The van der Waals surface area contributed by atoms with E-state index in [-0.39, 0.29) is 32.6 Å². The van der Waals surface area contributed by atoms with Crippen LogP contribution >= 0.6 is 11.6 Å². The maximum atomic E-state index is 13.1. The van der Waals surface area contributed by atoms with Crippen molar-refractivity contribution >= 4 is 44.9 Å². The van der Waals surface area contributed by atoms with Crippen LogP contribution in [0.15, 0.2) is 89.8 Å². The molecule has 0 heterocycles. The Morgan fingerprint density at radius 2 is 1.55 bits per heavy atom. The average Bonchev–Trinajstić information content (AvgIpc) is 2.90. The Bertz CT molecular complexity index is 1620. The Hall–Kier alpha value is -4.41. The lowest BCUT2D eigenvalue weighted by Crippen LogP contribution is -2.14. The van der Waals surface area contributed by atoms with Crippen molar-refractivity contribution in [3.8, 4) is 16.9 Å². The molecule has 0 saturated carbocycles. The predicted octanol–water partition coefficient (Wildman–Crippen LogP) is 5.69. The molecule has 0 spiro atoms. The Kier molecular flexibility index (Phi) is 7.65. The number of methoxy groups -OCH3 is 1. The van der Waals surface area contributed by atoms with E-state index >= 15 is 0 Å². The molecule has 0 atom stereocenters. The third-order valence-corrected chi connectivity index (χ3v) is 7.19. The summed E-state index contributed by atoms with van der Waals surface area (Å²) < 4.78 is 45.3. The number of anilines is 2. The molecule has 0 radical (unpaired) electrons. The smallest absolute Gasteiger partial charge is 0.339 e. The van der Waals surface area contributed by atoms with E-state index in [1.165, 1.54) is 25.3 Å². The lowest BCUT2D eigenvalue weighted by molar-refractivity contribution is 0.0601. The average molecular weight is 555 g/mol. The summed E-state index contributed by atoms with van der Waals surface area (Å²) in [6.07, 6.45) is 0. The largest absolute Gasteiger partial charge is 0.506 e. The topological polar surface area (TPSA) is 122 Å². The highest BCUT2D eigenvalue weighted by Crippen LogP contribution is 2.30. The van der Waals surface area contributed by atoms with Gasteiger partial charge in [-0.2, -0.15) is 0 Å². The molecule has 8 nitrogen and oxygen atoms in total. The van der Waals surface area contributed by atoms with Crippen molar-refractivity contribution in [1.29, 1.82) is 0 Å². The van der Waals surface area contributed by atoms with Crippen molar-refractivity contribution in [1.82, 2.24) is 0 Å². The first-order valence-electron chi connectivity index (χ1n) is 11.0. The van der Waals surface area contributed by atoms with Crippen LogP contribution in [0.5, 0.6) is 5.75 Å². The van der Waals surface area contributed by atoms with Crippen LogP contribution in [0.3, 0.4) is 0 Å². The summed E-state index contributed by atoms with van der Waals surface area (Å²) >= 11 is 6.07. The Morgan fingerprint density at radius 1 is 0.895 bits per heavy atom. The summed E-state index contributed by atoms with van der Waals surface area (Å²) in [5.41, 5.74) is 1.98. The van der Waals surface area contributed by atoms with E-state index in [1.54, 1.807) is 42.5 Å². The lowest BCUT2D eigenvalue weighted by atomic mass is 10.0. The van der Waals surface area contributed by atoms with Gasteiger partial charge >= 0.3 is 5.97 Å². The van der Waals surface area contributed by atoms with Crippen LogP contribution in [0, 0.1) is 5.82 Å². The number of rotatable bonds is 7. The van der Waals surface area contributed by atoms with Crippen LogP contribution in [-0.2, 0) is 14.8 Å². The van der Waals surface area contributed by atoms with E-state index in [9.17, 15) is 27.5 Å². The van der Waals surface area contributed by atoms with E-state index in [1.807, 2.05) is 0 Å². The first-order valence-corrected chi connectivity index (χ1v) is 12.8. The molecular formula is C27H20ClFN2O6S. The Balaban J connectivity index is 1.50. The first kappa shape index (κ1) is 26.6. The Labute approximate surface area is 222 Å². The van der Waals surface area contributed by atoms with Gasteiger partial charge in [-0.1, -0.05) is 29.8 Å². The van der Waals surface area contributed by atoms with Crippen molar-refractivity contribution < 1.29 is 32.2 Å². The third kappa shape index (κ3) is 5.93. The van der Waals surface area contributed by atoms with Crippen LogP contribution in [0.25, 0.3) is 11.1 Å². The fourth-order valence-corrected chi connectivity index (χ4v) is 4.76. The zero-order valence-corrected chi connectivity index (χ0v) is 21.3. The molecule has 3 N–H and O–H groups in total. The van der Waals surface area contributed by atoms with Gasteiger partial charge in [0.2, 0.25) is 0 Å². The molecule has 194 valence electrons. The molecule has 0 aliphatic heterocycles. The number of benzene rings is 4. The van der Waals surface area contributed by atoms with Crippen molar-refractivity contribution in [2.75, 3.05) is 17.1 Å². The second-order valence-electron chi connectivity index (χ2n) is 8.01. The van der Waals surface area contributed by atoms with Gasteiger partial charge in [-0.3, -0.25) is 9.52 Å². The monoisotopic (exact) mass is 554 g/mol. The fraction of sp³-hybridized carbons (Fsp3) is 0.0370. The number of aromatic hydroxyl groups is 1. The molecule has 0 saturated heterocycles. The van der Waals surface area contributed by atoms with Gasteiger partial charge in [-0.15, -0.1) is 0 Å². The number of carbonyl (C=O) groups excluding carboxylic acids is 2. The van der Waals surface area contributed by atoms with Crippen molar-refractivity contribution in [3.05, 3.63) is 107 Å². The van der Waals surface area contributed by atoms with E-state index in [0.717, 1.165) is 29.8 Å². The zero-order chi connectivity index (χ0) is 27.4. The highest BCUT2D eigenvalue weighted by atomic mass is 35.5.